The van der Waals surface area contributed by atoms with Crippen LogP contribution in [0.15, 0.2) is 66.7 Å². The van der Waals surface area contributed by atoms with Crippen molar-refractivity contribution in [1.82, 2.24) is 0 Å². The Morgan fingerprint density at radius 1 is 1.00 bits per heavy atom. The van der Waals surface area contributed by atoms with Gasteiger partial charge >= 0.3 is 0 Å². The van der Waals surface area contributed by atoms with Gasteiger partial charge in [0, 0.05) is 21.4 Å². The van der Waals surface area contributed by atoms with Crippen molar-refractivity contribution in [3.63, 3.8) is 0 Å². The van der Waals surface area contributed by atoms with Gasteiger partial charge in [0.1, 0.15) is 12.6 Å². The molecule has 6 heteroatoms. The first-order chi connectivity index (χ1) is 17.0. The Kier molecular flexibility index (Phi) is 16.7. The predicted molar refractivity (Wildman–Crippen MR) is 147 cm³/mol. The van der Waals surface area contributed by atoms with Crippen LogP contribution in [0.3, 0.4) is 0 Å². The second-order valence-corrected chi connectivity index (χ2v) is 7.97. The summed E-state index contributed by atoms with van der Waals surface area (Å²) in [5.74, 6) is -0.243. The minimum atomic E-state index is -0.248. The van der Waals surface area contributed by atoms with E-state index in [1.807, 2.05) is 49.3 Å². The van der Waals surface area contributed by atoms with Crippen molar-refractivity contribution in [3.8, 4) is 17.2 Å². The summed E-state index contributed by atoms with van der Waals surface area (Å²) in [7, 11) is 0. The Labute approximate surface area is 216 Å². The highest BCUT2D eigenvalue weighted by molar-refractivity contribution is 5.98. The number of nitrogens with zero attached hydrogens (tertiary/aromatic N) is 1. The zero-order valence-corrected chi connectivity index (χ0v) is 21.1. The minimum Gasteiger partial charge on any atom is -0.412 e. The fourth-order valence-electron chi connectivity index (χ4n) is 3.62. The van der Waals surface area contributed by atoms with Gasteiger partial charge in [0.15, 0.2) is 5.78 Å². The normalized spacial score (nSPS) is 9.42. The SMILES string of the molecule is C=O.CCC.N#Cc1ccccc1-c1ccc(C(=O)CCCO)c(CCCc2cccc(F)c2)c1.O.[HH].[HH]. The number of aliphatic hydroxyl groups is 1. The molecule has 196 valence electrons. The molecule has 3 aromatic carbocycles. The molecule has 0 aliphatic rings. The second-order valence-electron chi connectivity index (χ2n) is 7.97. The Bertz CT molecular complexity index is 1120. The Hall–Kier alpha value is -3.66. The Balaban J connectivity index is -0.00000143. The van der Waals surface area contributed by atoms with E-state index < -0.39 is 0 Å². The van der Waals surface area contributed by atoms with E-state index in [1.54, 1.807) is 12.1 Å². The highest BCUT2D eigenvalue weighted by Crippen LogP contribution is 2.27. The fraction of sp³-hybridized carbons (Fsp3) is 0.300. The summed E-state index contributed by atoms with van der Waals surface area (Å²) in [6.45, 7) is 6.23. The number of nitriles is 1. The largest absolute Gasteiger partial charge is 0.412 e. The maximum absolute atomic E-state index is 13.4. The van der Waals surface area contributed by atoms with Gasteiger partial charge in [-0.2, -0.15) is 5.26 Å². The third kappa shape index (κ3) is 10.3. The highest BCUT2D eigenvalue weighted by Gasteiger charge is 2.14. The topological polar surface area (TPSA) is 110 Å². The number of rotatable bonds is 9. The molecule has 36 heavy (non-hydrogen) atoms. The van der Waals surface area contributed by atoms with E-state index in [-0.39, 0.29) is 26.5 Å². The van der Waals surface area contributed by atoms with Crippen molar-refractivity contribution in [2.45, 2.75) is 52.4 Å². The third-order valence-corrected chi connectivity index (χ3v) is 5.13. The van der Waals surface area contributed by atoms with E-state index in [9.17, 15) is 14.4 Å². The number of aliphatic hydroxyl groups excluding tert-OH is 1. The van der Waals surface area contributed by atoms with Crippen LogP contribution in [0.1, 0.15) is 69.4 Å². The van der Waals surface area contributed by atoms with Crippen molar-refractivity contribution >= 4 is 12.6 Å². The molecule has 0 radical (unpaired) electrons. The third-order valence-electron chi connectivity index (χ3n) is 5.13. The molecule has 0 bridgehead atoms. The van der Waals surface area contributed by atoms with E-state index in [0.29, 0.717) is 36.8 Å². The van der Waals surface area contributed by atoms with Gasteiger partial charge in [0.2, 0.25) is 0 Å². The van der Waals surface area contributed by atoms with Gasteiger partial charge in [0.25, 0.3) is 0 Å². The highest BCUT2D eigenvalue weighted by atomic mass is 19.1. The molecule has 0 amide bonds. The number of aryl methyl sites for hydroxylation is 2. The van der Waals surface area contributed by atoms with Crippen LogP contribution in [0.5, 0.6) is 0 Å². The summed E-state index contributed by atoms with van der Waals surface area (Å²) in [6.07, 6.45) is 4.12. The maximum atomic E-state index is 13.4. The van der Waals surface area contributed by atoms with Crippen LogP contribution in [-0.2, 0) is 17.6 Å². The number of carbonyl (C=O) groups is 2. The number of benzene rings is 3. The van der Waals surface area contributed by atoms with E-state index in [2.05, 4.69) is 19.9 Å². The standard InChI is InChI=1S/C26H24FNO2.C3H8.CH2O.H2O.2H2/c27-23-10-4-7-19(16-23)6-3-9-20-17-21(24-11-2-1-8-22(24)18-28)13-14-25(20)26(30)12-5-15-29;1-3-2;1-2;;;/h1-2,4,7-8,10-11,13-14,16-17,29H,3,5-6,9,12,15H2;3H2,1-2H3;1H2;1H2;2*1H. The number of hydrogen-bond donors (Lipinski definition) is 1. The zero-order chi connectivity index (χ0) is 26.1. The number of Topliss-reactive ketones (excluding diaryl/α,β-unsaturated/α-hetero) is 1. The monoisotopic (exact) mass is 497 g/mol. The molecule has 0 spiro atoms. The molecular formula is C30H40FNO4. The quantitative estimate of drug-likeness (QED) is 0.345. The summed E-state index contributed by atoms with van der Waals surface area (Å²) < 4.78 is 13.4. The van der Waals surface area contributed by atoms with Crippen molar-refractivity contribution in [2.24, 2.45) is 0 Å². The summed E-state index contributed by atoms with van der Waals surface area (Å²) in [5.41, 5.74) is 4.81. The molecular weight excluding hydrogens is 457 g/mol. The van der Waals surface area contributed by atoms with E-state index >= 15 is 0 Å². The summed E-state index contributed by atoms with van der Waals surface area (Å²) >= 11 is 0. The summed E-state index contributed by atoms with van der Waals surface area (Å²) in [6, 6.07) is 21.9. The molecule has 0 fully saturated rings. The first kappa shape index (κ1) is 32.3. The van der Waals surface area contributed by atoms with Crippen LogP contribution in [0.4, 0.5) is 4.39 Å². The van der Waals surface area contributed by atoms with Gasteiger partial charge in [0.05, 0.1) is 11.6 Å². The molecule has 0 aromatic heterocycles. The van der Waals surface area contributed by atoms with Gasteiger partial charge in [-0.15, -0.1) is 0 Å². The molecule has 3 N–H and O–H groups in total. The lowest BCUT2D eigenvalue weighted by molar-refractivity contribution is -0.0980. The molecule has 3 aromatic rings. The number of halogens is 1. The van der Waals surface area contributed by atoms with E-state index in [0.717, 1.165) is 28.7 Å². The lowest BCUT2D eigenvalue weighted by Crippen LogP contribution is -2.06. The maximum Gasteiger partial charge on any atom is 0.163 e. The number of carbonyl (C=O) groups excluding carboxylic acids is 2. The molecule has 5 nitrogen and oxygen atoms in total. The molecule has 0 saturated heterocycles. The van der Waals surface area contributed by atoms with Gasteiger partial charge in [-0.25, -0.2) is 4.39 Å². The first-order valence-electron chi connectivity index (χ1n) is 11.8. The van der Waals surface area contributed by atoms with Gasteiger partial charge in [-0.1, -0.05) is 68.8 Å². The molecule has 0 unspecified atom stereocenters. The van der Waals surface area contributed by atoms with Gasteiger partial charge in [-0.3, -0.25) is 4.79 Å². The number of hydrogen-bond acceptors (Lipinski definition) is 4. The molecule has 0 aliphatic carbocycles. The van der Waals surface area contributed by atoms with Crippen LogP contribution >= 0.6 is 0 Å². The van der Waals surface area contributed by atoms with Crippen LogP contribution in [-0.4, -0.2) is 29.8 Å². The molecule has 0 saturated carbocycles. The lowest BCUT2D eigenvalue weighted by Gasteiger charge is -2.13. The van der Waals surface area contributed by atoms with Crippen LogP contribution in [0.25, 0.3) is 11.1 Å². The average molecular weight is 498 g/mol. The zero-order valence-electron chi connectivity index (χ0n) is 21.1. The second kappa shape index (κ2) is 18.6. The molecule has 0 aliphatic heterocycles. The van der Waals surface area contributed by atoms with Crippen molar-refractivity contribution < 1.29 is 27.4 Å². The van der Waals surface area contributed by atoms with Gasteiger partial charge < -0.3 is 15.4 Å². The van der Waals surface area contributed by atoms with Crippen molar-refractivity contribution in [3.05, 3.63) is 94.8 Å². The average Bonchev–Trinajstić information content (AvgIpc) is 2.89. The Morgan fingerprint density at radius 2 is 1.69 bits per heavy atom. The van der Waals surface area contributed by atoms with E-state index in [1.165, 1.54) is 18.6 Å². The van der Waals surface area contributed by atoms with E-state index in [4.69, 9.17) is 9.90 Å². The lowest BCUT2D eigenvalue weighted by atomic mass is 9.91. The van der Waals surface area contributed by atoms with Crippen LogP contribution in [0.2, 0.25) is 0 Å². The summed E-state index contributed by atoms with van der Waals surface area (Å²) in [4.78, 5) is 20.7. The van der Waals surface area contributed by atoms with Crippen molar-refractivity contribution in [1.29, 1.82) is 5.26 Å². The smallest absolute Gasteiger partial charge is 0.163 e. The van der Waals surface area contributed by atoms with Crippen LogP contribution in [0, 0.1) is 17.1 Å². The predicted octanol–water partition coefficient (Wildman–Crippen LogP) is 6.39. The molecule has 3 rings (SSSR count). The van der Waals surface area contributed by atoms with Crippen molar-refractivity contribution in [2.75, 3.05) is 6.61 Å². The molecule has 0 heterocycles. The van der Waals surface area contributed by atoms with Crippen LogP contribution < -0.4 is 0 Å². The Morgan fingerprint density at radius 3 is 2.33 bits per heavy atom. The van der Waals surface area contributed by atoms with Gasteiger partial charge in [-0.05, 0) is 66.1 Å². The fourth-order valence-corrected chi connectivity index (χ4v) is 3.62. The minimum absolute atomic E-state index is 0. The molecule has 0 atom stereocenters. The summed E-state index contributed by atoms with van der Waals surface area (Å²) in [5, 5.41) is 18.5. The first-order valence-corrected chi connectivity index (χ1v) is 11.8. The number of ketones is 1.